The van der Waals surface area contributed by atoms with Gasteiger partial charge in [-0.25, -0.2) is 0 Å². The molecule has 6 heteroatoms. The summed E-state index contributed by atoms with van der Waals surface area (Å²) in [7, 11) is 1.58. The molecule has 1 aliphatic heterocycles. The Labute approximate surface area is 138 Å². The zero-order valence-corrected chi connectivity index (χ0v) is 13.9. The average Bonchev–Trinajstić information content (AvgIpc) is 3.04. The number of nitriles is 1. The molecule has 5 nitrogen and oxygen atoms in total. The summed E-state index contributed by atoms with van der Waals surface area (Å²) in [6, 6.07) is 7.29. The highest BCUT2D eigenvalue weighted by molar-refractivity contribution is 9.10. The number of rotatable bonds is 5. The normalized spacial score (nSPS) is 17.9. The second kappa shape index (κ2) is 7.97. The Kier molecular flexibility index (Phi) is 5.99. The van der Waals surface area contributed by atoms with E-state index in [-0.39, 0.29) is 17.6 Å². The van der Waals surface area contributed by atoms with Crippen LogP contribution >= 0.6 is 15.9 Å². The molecule has 1 N–H and O–H groups in total. The largest absolute Gasteiger partial charge is 0.496 e. The fourth-order valence-corrected chi connectivity index (χ4v) is 2.75. The summed E-state index contributed by atoms with van der Waals surface area (Å²) in [5, 5.41) is 11.9. The Morgan fingerprint density at radius 1 is 1.64 bits per heavy atom. The Morgan fingerprint density at radius 2 is 2.45 bits per heavy atom. The molecule has 1 heterocycles. The molecule has 0 aliphatic carbocycles. The van der Waals surface area contributed by atoms with Crippen LogP contribution in [0.15, 0.2) is 28.2 Å². The third-order valence-corrected chi connectivity index (χ3v) is 3.99. The number of nitrogens with one attached hydrogen (secondary N) is 1. The zero-order chi connectivity index (χ0) is 15.9. The molecule has 1 unspecified atom stereocenters. The van der Waals surface area contributed by atoms with Gasteiger partial charge in [-0.3, -0.25) is 4.79 Å². The number of carbonyl (C=O) groups excluding carboxylic acids is 1. The minimum absolute atomic E-state index is 0.0547. The third kappa shape index (κ3) is 4.33. The predicted molar refractivity (Wildman–Crippen MR) is 86.3 cm³/mol. The smallest absolute Gasteiger partial charge is 0.262 e. The lowest BCUT2D eigenvalue weighted by Crippen LogP contribution is -2.32. The first kappa shape index (κ1) is 16.5. The lowest BCUT2D eigenvalue weighted by atomic mass is 10.1. The highest BCUT2D eigenvalue weighted by atomic mass is 79.9. The zero-order valence-electron chi connectivity index (χ0n) is 12.3. The number of ether oxygens (including phenoxy) is 2. The van der Waals surface area contributed by atoms with Crippen LogP contribution in [0.5, 0.6) is 5.75 Å². The van der Waals surface area contributed by atoms with Crippen molar-refractivity contribution in [1.29, 1.82) is 5.26 Å². The summed E-state index contributed by atoms with van der Waals surface area (Å²) in [6.07, 6.45) is 3.56. The molecular formula is C16H17BrN2O3. The maximum atomic E-state index is 12.0. The van der Waals surface area contributed by atoms with Crippen molar-refractivity contribution in [2.75, 3.05) is 20.3 Å². The number of halogens is 1. The van der Waals surface area contributed by atoms with Gasteiger partial charge in [-0.1, -0.05) is 6.07 Å². The summed E-state index contributed by atoms with van der Waals surface area (Å²) < 4.78 is 11.4. The summed E-state index contributed by atoms with van der Waals surface area (Å²) in [5.74, 6) is 0.309. The molecule has 0 bridgehead atoms. The van der Waals surface area contributed by atoms with Crippen molar-refractivity contribution in [1.82, 2.24) is 5.32 Å². The molecule has 1 fully saturated rings. The Bertz CT molecular complexity index is 616. The van der Waals surface area contributed by atoms with Crippen LogP contribution in [0.4, 0.5) is 0 Å². The van der Waals surface area contributed by atoms with E-state index in [1.165, 1.54) is 0 Å². The van der Waals surface area contributed by atoms with Crippen LogP contribution in [-0.4, -0.2) is 32.3 Å². The van der Waals surface area contributed by atoms with E-state index in [1.54, 1.807) is 31.4 Å². The van der Waals surface area contributed by atoms with Crippen molar-refractivity contribution < 1.29 is 14.3 Å². The minimum atomic E-state index is -0.384. The number of hydrogen-bond acceptors (Lipinski definition) is 4. The van der Waals surface area contributed by atoms with E-state index in [4.69, 9.17) is 9.47 Å². The van der Waals surface area contributed by atoms with Gasteiger partial charge in [-0.2, -0.15) is 5.26 Å². The SMILES string of the molecule is COc1ccc(C=C(C#N)C(=O)NCC2CCCO2)cc1Br. The van der Waals surface area contributed by atoms with Crippen molar-refractivity contribution in [2.24, 2.45) is 0 Å². The number of methoxy groups -OCH3 is 1. The first-order chi connectivity index (χ1) is 10.6. The summed E-state index contributed by atoms with van der Waals surface area (Å²) in [4.78, 5) is 12.0. The summed E-state index contributed by atoms with van der Waals surface area (Å²) in [5.41, 5.74) is 0.812. The summed E-state index contributed by atoms with van der Waals surface area (Å²) >= 11 is 3.38. The topological polar surface area (TPSA) is 71.3 Å². The quantitative estimate of drug-likeness (QED) is 0.643. The highest BCUT2D eigenvalue weighted by Gasteiger charge is 2.17. The van der Waals surface area contributed by atoms with Gasteiger partial charge in [-0.05, 0) is 52.5 Å². The second-order valence-electron chi connectivity index (χ2n) is 4.91. The van der Waals surface area contributed by atoms with Gasteiger partial charge < -0.3 is 14.8 Å². The van der Waals surface area contributed by atoms with Crippen LogP contribution in [0, 0.1) is 11.3 Å². The van der Waals surface area contributed by atoms with Gasteiger partial charge in [0.25, 0.3) is 5.91 Å². The van der Waals surface area contributed by atoms with Crippen molar-refractivity contribution in [2.45, 2.75) is 18.9 Å². The Balaban J connectivity index is 2.04. The van der Waals surface area contributed by atoms with Gasteiger partial charge in [0.05, 0.1) is 17.7 Å². The standard InChI is InChI=1S/C16H17BrN2O3/c1-21-15-5-4-11(8-14(15)17)7-12(9-18)16(20)19-10-13-3-2-6-22-13/h4-5,7-8,13H,2-3,6,10H2,1H3,(H,19,20). The van der Waals surface area contributed by atoms with E-state index in [0.717, 1.165) is 29.5 Å². The molecular weight excluding hydrogens is 348 g/mol. The lowest BCUT2D eigenvalue weighted by Gasteiger charge is -2.10. The van der Waals surface area contributed by atoms with Crippen molar-refractivity contribution in [3.05, 3.63) is 33.8 Å². The lowest BCUT2D eigenvalue weighted by molar-refractivity contribution is -0.117. The van der Waals surface area contributed by atoms with Crippen LogP contribution < -0.4 is 10.1 Å². The number of hydrogen-bond donors (Lipinski definition) is 1. The maximum Gasteiger partial charge on any atom is 0.262 e. The van der Waals surface area contributed by atoms with Gasteiger partial charge in [0.1, 0.15) is 17.4 Å². The van der Waals surface area contributed by atoms with Crippen LogP contribution in [0.1, 0.15) is 18.4 Å². The summed E-state index contributed by atoms with van der Waals surface area (Å²) in [6.45, 7) is 1.17. The van der Waals surface area contributed by atoms with Gasteiger partial charge in [0, 0.05) is 13.2 Å². The van der Waals surface area contributed by atoms with Crippen molar-refractivity contribution in [3.8, 4) is 11.8 Å². The molecule has 1 atom stereocenters. The highest BCUT2D eigenvalue weighted by Crippen LogP contribution is 2.26. The number of benzene rings is 1. The Hall–Kier alpha value is -1.84. The molecule has 0 radical (unpaired) electrons. The Morgan fingerprint density at radius 3 is 3.05 bits per heavy atom. The molecule has 1 saturated heterocycles. The number of amides is 1. The molecule has 1 aliphatic rings. The predicted octanol–water partition coefficient (Wildman–Crippen LogP) is 2.66. The maximum absolute atomic E-state index is 12.0. The van der Waals surface area contributed by atoms with Crippen molar-refractivity contribution in [3.63, 3.8) is 0 Å². The van der Waals surface area contributed by atoms with Crippen LogP contribution in [0.2, 0.25) is 0 Å². The molecule has 1 aromatic rings. The molecule has 0 spiro atoms. The number of nitrogens with zero attached hydrogens (tertiary/aromatic N) is 1. The fourth-order valence-electron chi connectivity index (χ4n) is 2.19. The molecule has 116 valence electrons. The van der Waals surface area contributed by atoms with Crippen molar-refractivity contribution >= 4 is 27.9 Å². The van der Waals surface area contributed by atoms with Gasteiger partial charge in [0.15, 0.2) is 0 Å². The van der Waals surface area contributed by atoms with E-state index in [9.17, 15) is 10.1 Å². The average molecular weight is 365 g/mol. The number of carbonyl (C=O) groups is 1. The third-order valence-electron chi connectivity index (χ3n) is 3.37. The molecule has 1 aromatic carbocycles. The first-order valence-electron chi connectivity index (χ1n) is 6.99. The first-order valence-corrected chi connectivity index (χ1v) is 7.78. The molecule has 1 amide bonds. The van der Waals surface area contributed by atoms with Gasteiger partial charge >= 0.3 is 0 Å². The minimum Gasteiger partial charge on any atom is -0.496 e. The monoisotopic (exact) mass is 364 g/mol. The molecule has 0 saturated carbocycles. The van der Waals surface area contributed by atoms with E-state index < -0.39 is 0 Å². The van der Waals surface area contributed by atoms with Crippen LogP contribution in [0.25, 0.3) is 6.08 Å². The van der Waals surface area contributed by atoms with Gasteiger partial charge in [-0.15, -0.1) is 0 Å². The van der Waals surface area contributed by atoms with Crippen LogP contribution in [0.3, 0.4) is 0 Å². The van der Waals surface area contributed by atoms with Crippen LogP contribution in [-0.2, 0) is 9.53 Å². The van der Waals surface area contributed by atoms with E-state index >= 15 is 0 Å². The second-order valence-corrected chi connectivity index (χ2v) is 5.76. The molecule has 2 rings (SSSR count). The molecule has 22 heavy (non-hydrogen) atoms. The van der Waals surface area contributed by atoms with E-state index in [2.05, 4.69) is 21.2 Å². The van der Waals surface area contributed by atoms with Gasteiger partial charge in [0.2, 0.25) is 0 Å². The van der Waals surface area contributed by atoms with E-state index in [0.29, 0.717) is 12.3 Å². The fraction of sp³-hybridized carbons (Fsp3) is 0.375. The van der Waals surface area contributed by atoms with E-state index in [1.807, 2.05) is 6.07 Å². The molecule has 0 aromatic heterocycles.